The summed E-state index contributed by atoms with van der Waals surface area (Å²) in [6.45, 7) is 5.25. The van der Waals surface area contributed by atoms with Gasteiger partial charge in [0.25, 0.3) is 0 Å². The average Bonchev–Trinajstić information content (AvgIpc) is 2.69. The van der Waals surface area contributed by atoms with Crippen LogP contribution in [0.5, 0.6) is 5.75 Å². The molecule has 3 aromatic carbocycles. The summed E-state index contributed by atoms with van der Waals surface area (Å²) in [6, 6.07) is 18.5. The molecule has 0 unspecified atom stereocenters. The number of Topliss-reactive ketones (excluding diaryl/α,β-unsaturated/α-hetero) is 1. The zero-order valence-corrected chi connectivity index (χ0v) is 15.9. The molecule has 28 heavy (non-hydrogen) atoms. The molecule has 0 bridgehead atoms. The molecule has 0 aliphatic carbocycles. The van der Waals surface area contributed by atoms with E-state index in [1.807, 2.05) is 62.4 Å². The third kappa shape index (κ3) is 2.93. The van der Waals surface area contributed by atoms with Gasteiger partial charge in [0.1, 0.15) is 5.75 Å². The van der Waals surface area contributed by atoms with Crippen molar-refractivity contribution in [1.29, 1.82) is 0 Å². The standard InChI is InChI=1S/C24H19NO3/c1-14-15(2)22(13-12-17(14)16(3)26)28-24(27)23-18-8-4-6-10-20(18)25-21-11-7-5-9-19(21)23/h4-13H,1-3H3. The Kier molecular flexibility index (Phi) is 4.40. The van der Waals surface area contributed by atoms with E-state index in [0.717, 1.165) is 32.9 Å². The van der Waals surface area contributed by atoms with Crippen molar-refractivity contribution in [3.8, 4) is 5.75 Å². The number of hydrogen-bond donors (Lipinski definition) is 0. The zero-order valence-electron chi connectivity index (χ0n) is 15.9. The van der Waals surface area contributed by atoms with Crippen LogP contribution in [0, 0.1) is 13.8 Å². The minimum absolute atomic E-state index is 0.00963. The molecular formula is C24H19NO3. The Morgan fingerprint density at radius 1 is 0.786 bits per heavy atom. The molecule has 1 heterocycles. The van der Waals surface area contributed by atoms with Crippen molar-refractivity contribution in [2.24, 2.45) is 0 Å². The van der Waals surface area contributed by atoms with Crippen molar-refractivity contribution in [1.82, 2.24) is 4.98 Å². The van der Waals surface area contributed by atoms with Gasteiger partial charge >= 0.3 is 5.97 Å². The first kappa shape index (κ1) is 17.9. The van der Waals surface area contributed by atoms with Gasteiger partial charge in [-0.2, -0.15) is 0 Å². The highest BCUT2D eigenvalue weighted by Gasteiger charge is 2.19. The quantitative estimate of drug-likeness (QED) is 0.209. The number of hydrogen-bond acceptors (Lipinski definition) is 4. The van der Waals surface area contributed by atoms with Crippen LogP contribution in [0.2, 0.25) is 0 Å². The summed E-state index contributed by atoms with van der Waals surface area (Å²) in [5.41, 5.74) is 4.22. The molecule has 0 atom stereocenters. The largest absolute Gasteiger partial charge is 0.423 e. The van der Waals surface area contributed by atoms with Crippen molar-refractivity contribution < 1.29 is 14.3 Å². The monoisotopic (exact) mass is 369 g/mol. The molecule has 4 rings (SSSR count). The number of pyridine rings is 1. The van der Waals surface area contributed by atoms with Crippen LogP contribution >= 0.6 is 0 Å². The molecule has 0 aliphatic heterocycles. The van der Waals surface area contributed by atoms with Crippen LogP contribution in [0.25, 0.3) is 21.8 Å². The summed E-state index contributed by atoms with van der Waals surface area (Å²) in [6.07, 6.45) is 0. The van der Waals surface area contributed by atoms with Gasteiger partial charge < -0.3 is 4.74 Å². The van der Waals surface area contributed by atoms with Crippen molar-refractivity contribution >= 4 is 33.6 Å². The van der Waals surface area contributed by atoms with Crippen LogP contribution in [0.4, 0.5) is 0 Å². The summed E-state index contributed by atoms with van der Waals surface area (Å²) in [5.74, 6) is 0.00921. The highest BCUT2D eigenvalue weighted by Crippen LogP contribution is 2.29. The molecule has 4 aromatic rings. The molecule has 0 spiro atoms. The number of benzene rings is 3. The number of ketones is 1. The molecule has 0 radical (unpaired) electrons. The lowest BCUT2D eigenvalue weighted by Gasteiger charge is -2.14. The van der Waals surface area contributed by atoms with E-state index >= 15 is 0 Å². The van der Waals surface area contributed by atoms with Crippen LogP contribution in [0.3, 0.4) is 0 Å². The first-order valence-corrected chi connectivity index (χ1v) is 9.08. The van der Waals surface area contributed by atoms with Gasteiger partial charge in [0.15, 0.2) is 5.78 Å². The zero-order chi connectivity index (χ0) is 19.8. The van der Waals surface area contributed by atoms with E-state index in [0.29, 0.717) is 16.9 Å². The van der Waals surface area contributed by atoms with Crippen LogP contribution in [0.1, 0.15) is 38.8 Å². The van der Waals surface area contributed by atoms with E-state index in [1.165, 1.54) is 6.92 Å². The van der Waals surface area contributed by atoms with Crippen LogP contribution in [0.15, 0.2) is 60.7 Å². The number of fused-ring (bicyclic) bond motifs is 2. The van der Waals surface area contributed by atoms with Crippen molar-refractivity contribution in [3.63, 3.8) is 0 Å². The molecule has 0 saturated carbocycles. The van der Waals surface area contributed by atoms with Crippen LogP contribution in [-0.2, 0) is 0 Å². The number of carbonyl (C=O) groups is 2. The van der Waals surface area contributed by atoms with E-state index in [2.05, 4.69) is 4.98 Å². The molecule has 4 heteroatoms. The second kappa shape index (κ2) is 6.89. The van der Waals surface area contributed by atoms with Gasteiger partial charge in [0.2, 0.25) is 0 Å². The lowest BCUT2D eigenvalue weighted by atomic mass is 9.99. The van der Waals surface area contributed by atoms with E-state index in [1.54, 1.807) is 12.1 Å². The molecule has 0 saturated heterocycles. The number of nitrogens with zero attached hydrogens (tertiary/aromatic N) is 1. The fraction of sp³-hybridized carbons (Fsp3) is 0.125. The molecule has 138 valence electrons. The minimum atomic E-state index is -0.437. The van der Waals surface area contributed by atoms with Crippen molar-refractivity contribution in [2.75, 3.05) is 0 Å². The fourth-order valence-corrected chi connectivity index (χ4v) is 3.50. The highest BCUT2D eigenvalue weighted by atomic mass is 16.5. The Bertz CT molecular complexity index is 1200. The smallest absolute Gasteiger partial charge is 0.344 e. The number of para-hydroxylation sites is 2. The summed E-state index contributed by atoms with van der Waals surface area (Å²) < 4.78 is 5.78. The SMILES string of the molecule is CC(=O)c1ccc(OC(=O)c2c3ccccc3nc3ccccc23)c(C)c1C. The molecule has 0 amide bonds. The second-order valence-corrected chi connectivity index (χ2v) is 6.83. The normalized spacial score (nSPS) is 11.0. The van der Waals surface area contributed by atoms with E-state index in [9.17, 15) is 9.59 Å². The lowest BCUT2D eigenvalue weighted by molar-refractivity contribution is 0.0737. The maximum atomic E-state index is 13.2. The molecule has 1 aromatic heterocycles. The predicted octanol–water partition coefficient (Wildman–Crippen LogP) is 5.43. The summed E-state index contributed by atoms with van der Waals surface area (Å²) >= 11 is 0. The number of esters is 1. The third-order valence-electron chi connectivity index (χ3n) is 5.11. The van der Waals surface area contributed by atoms with Crippen LogP contribution in [-0.4, -0.2) is 16.7 Å². The Balaban J connectivity index is 1.86. The molecule has 0 fully saturated rings. The Labute approximate surface area is 162 Å². The highest BCUT2D eigenvalue weighted by molar-refractivity contribution is 6.14. The van der Waals surface area contributed by atoms with Gasteiger partial charge in [-0.25, -0.2) is 9.78 Å². The van der Waals surface area contributed by atoms with E-state index < -0.39 is 5.97 Å². The first-order valence-electron chi connectivity index (χ1n) is 9.08. The average molecular weight is 369 g/mol. The van der Waals surface area contributed by atoms with Gasteiger partial charge in [-0.1, -0.05) is 36.4 Å². The Morgan fingerprint density at radius 2 is 1.36 bits per heavy atom. The summed E-state index contributed by atoms with van der Waals surface area (Å²) in [5, 5.41) is 1.50. The van der Waals surface area contributed by atoms with Gasteiger partial charge in [-0.3, -0.25) is 4.79 Å². The van der Waals surface area contributed by atoms with E-state index in [4.69, 9.17) is 4.74 Å². The predicted molar refractivity (Wildman–Crippen MR) is 110 cm³/mol. The van der Waals surface area contributed by atoms with Gasteiger partial charge in [-0.05, 0) is 56.2 Å². The Morgan fingerprint density at radius 3 is 1.93 bits per heavy atom. The van der Waals surface area contributed by atoms with Crippen LogP contribution < -0.4 is 4.74 Å². The molecule has 0 N–H and O–H groups in total. The number of rotatable bonds is 3. The maximum absolute atomic E-state index is 13.2. The summed E-state index contributed by atoms with van der Waals surface area (Å²) in [7, 11) is 0. The van der Waals surface area contributed by atoms with Crippen molar-refractivity contribution in [2.45, 2.75) is 20.8 Å². The maximum Gasteiger partial charge on any atom is 0.344 e. The third-order valence-corrected chi connectivity index (χ3v) is 5.11. The topological polar surface area (TPSA) is 56.3 Å². The Hall–Kier alpha value is -3.53. The lowest BCUT2D eigenvalue weighted by Crippen LogP contribution is -2.12. The molecule has 4 nitrogen and oxygen atoms in total. The minimum Gasteiger partial charge on any atom is -0.423 e. The van der Waals surface area contributed by atoms with Gasteiger partial charge in [0, 0.05) is 16.3 Å². The second-order valence-electron chi connectivity index (χ2n) is 6.83. The van der Waals surface area contributed by atoms with Gasteiger partial charge in [-0.15, -0.1) is 0 Å². The van der Waals surface area contributed by atoms with Gasteiger partial charge in [0.05, 0.1) is 16.6 Å². The van der Waals surface area contributed by atoms with Crippen molar-refractivity contribution in [3.05, 3.63) is 82.9 Å². The number of ether oxygens (including phenoxy) is 1. The first-order chi connectivity index (χ1) is 13.5. The summed E-state index contributed by atoms with van der Waals surface area (Å²) in [4.78, 5) is 29.6. The number of aromatic nitrogens is 1. The molecule has 0 aliphatic rings. The number of carbonyl (C=O) groups excluding carboxylic acids is 2. The van der Waals surface area contributed by atoms with E-state index in [-0.39, 0.29) is 5.78 Å². The molecular weight excluding hydrogens is 350 g/mol. The fourth-order valence-electron chi connectivity index (χ4n) is 3.50.